The third kappa shape index (κ3) is 4.06. The zero-order valence-corrected chi connectivity index (χ0v) is 16.4. The van der Waals surface area contributed by atoms with Crippen LogP contribution in [0.3, 0.4) is 0 Å². The van der Waals surface area contributed by atoms with Crippen LogP contribution < -0.4 is 15.5 Å². The van der Waals surface area contributed by atoms with Crippen LogP contribution in [0.25, 0.3) is 0 Å². The fourth-order valence-electron chi connectivity index (χ4n) is 3.39. The molecule has 2 aromatic carbocycles. The molecule has 3 amide bonds. The smallest absolute Gasteiger partial charge is 0.251 e. The van der Waals surface area contributed by atoms with Crippen molar-refractivity contribution in [2.24, 2.45) is 5.92 Å². The number of carbonyl (C=O) groups excluding carboxylic acids is 3. The van der Waals surface area contributed by atoms with Crippen LogP contribution >= 0.6 is 0 Å². The van der Waals surface area contributed by atoms with Crippen molar-refractivity contribution < 1.29 is 14.4 Å². The Morgan fingerprint density at radius 1 is 1.14 bits per heavy atom. The Labute approximate surface area is 164 Å². The number of amides is 3. The molecule has 0 aromatic heterocycles. The molecule has 28 heavy (non-hydrogen) atoms. The van der Waals surface area contributed by atoms with Crippen molar-refractivity contribution in [3.8, 4) is 0 Å². The lowest BCUT2D eigenvalue weighted by Gasteiger charge is -2.20. The first-order valence-corrected chi connectivity index (χ1v) is 9.46. The van der Waals surface area contributed by atoms with Crippen LogP contribution in [0.2, 0.25) is 0 Å². The van der Waals surface area contributed by atoms with Crippen molar-refractivity contribution in [2.45, 2.75) is 27.2 Å². The molecular formula is C22H25N3O3. The van der Waals surface area contributed by atoms with Gasteiger partial charge in [0.25, 0.3) is 5.91 Å². The molecule has 0 bridgehead atoms. The summed E-state index contributed by atoms with van der Waals surface area (Å²) in [7, 11) is 0. The molecule has 2 N–H and O–H groups in total. The predicted molar refractivity (Wildman–Crippen MR) is 109 cm³/mol. The maximum absolute atomic E-state index is 12.7. The van der Waals surface area contributed by atoms with E-state index in [9.17, 15) is 14.4 Å². The molecule has 1 heterocycles. The van der Waals surface area contributed by atoms with Gasteiger partial charge in [-0.15, -0.1) is 0 Å². The SMILES string of the molecule is CCNC(=O)c1cccc(NC(=O)C2CC(=O)N(c3cccc(C)c3C)C2)c1. The highest BCUT2D eigenvalue weighted by Gasteiger charge is 2.35. The van der Waals surface area contributed by atoms with Gasteiger partial charge in [-0.05, 0) is 56.2 Å². The van der Waals surface area contributed by atoms with Crippen molar-refractivity contribution in [2.75, 3.05) is 23.3 Å². The van der Waals surface area contributed by atoms with Gasteiger partial charge in [0.2, 0.25) is 11.8 Å². The van der Waals surface area contributed by atoms with Crippen molar-refractivity contribution >= 4 is 29.1 Å². The number of nitrogens with one attached hydrogen (secondary N) is 2. The Bertz CT molecular complexity index is 923. The number of anilines is 2. The second kappa shape index (κ2) is 8.25. The standard InChI is InChI=1S/C22H25N3O3/c1-4-23-21(27)16-8-6-9-18(11-16)24-22(28)17-12-20(26)25(13-17)19-10-5-7-14(2)15(19)3/h5-11,17H,4,12-13H2,1-3H3,(H,23,27)(H,24,28). The summed E-state index contributed by atoms with van der Waals surface area (Å²) in [5, 5.41) is 5.58. The van der Waals surface area contributed by atoms with Gasteiger partial charge in [-0.3, -0.25) is 14.4 Å². The molecule has 2 aromatic rings. The number of carbonyl (C=O) groups is 3. The summed E-state index contributed by atoms with van der Waals surface area (Å²) in [6, 6.07) is 12.6. The van der Waals surface area contributed by atoms with Gasteiger partial charge in [-0.25, -0.2) is 0 Å². The van der Waals surface area contributed by atoms with Gasteiger partial charge in [0.15, 0.2) is 0 Å². The Morgan fingerprint density at radius 3 is 2.64 bits per heavy atom. The fourth-order valence-corrected chi connectivity index (χ4v) is 3.39. The third-order valence-corrected chi connectivity index (χ3v) is 5.09. The quantitative estimate of drug-likeness (QED) is 0.838. The zero-order valence-electron chi connectivity index (χ0n) is 16.4. The molecule has 1 aliphatic rings. The van der Waals surface area contributed by atoms with Crippen LogP contribution in [-0.2, 0) is 9.59 Å². The third-order valence-electron chi connectivity index (χ3n) is 5.09. The summed E-state index contributed by atoms with van der Waals surface area (Å²) in [6.07, 6.45) is 0.176. The first-order valence-electron chi connectivity index (χ1n) is 9.46. The molecule has 6 heteroatoms. The van der Waals surface area contributed by atoms with Crippen molar-refractivity contribution in [3.05, 3.63) is 59.2 Å². The topological polar surface area (TPSA) is 78.5 Å². The van der Waals surface area contributed by atoms with Crippen molar-refractivity contribution in [1.82, 2.24) is 5.32 Å². The number of aryl methyl sites for hydroxylation is 1. The van der Waals surface area contributed by atoms with Crippen molar-refractivity contribution in [3.63, 3.8) is 0 Å². The van der Waals surface area contributed by atoms with E-state index >= 15 is 0 Å². The van der Waals surface area contributed by atoms with Crippen LogP contribution in [0.15, 0.2) is 42.5 Å². The summed E-state index contributed by atoms with van der Waals surface area (Å²) in [5.41, 5.74) is 4.05. The number of rotatable bonds is 5. The lowest BCUT2D eigenvalue weighted by molar-refractivity contribution is -0.122. The molecule has 0 radical (unpaired) electrons. The lowest BCUT2D eigenvalue weighted by atomic mass is 10.1. The minimum atomic E-state index is -0.430. The van der Waals surface area contributed by atoms with Gasteiger partial charge >= 0.3 is 0 Å². The summed E-state index contributed by atoms with van der Waals surface area (Å²) >= 11 is 0. The van der Waals surface area contributed by atoms with Gasteiger partial charge in [-0.1, -0.05) is 18.2 Å². The zero-order chi connectivity index (χ0) is 20.3. The van der Waals surface area contributed by atoms with Crippen LogP contribution in [0, 0.1) is 19.8 Å². The Kier molecular flexibility index (Phi) is 5.78. The van der Waals surface area contributed by atoms with Crippen LogP contribution in [0.1, 0.15) is 34.8 Å². The van der Waals surface area contributed by atoms with E-state index in [1.807, 2.05) is 39.0 Å². The normalized spacial score (nSPS) is 16.2. The highest BCUT2D eigenvalue weighted by molar-refractivity contribution is 6.04. The molecule has 1 fully saturated rings. The van der Waals surface area contributed by atoms with E-state index in [1.165, 1.54) is 0 Å². The summed E-state index contributed by atoms with van der Waals surface area (Å²) < 4.78 is 0. The van der Waals surface area contributed by atoms with E-state index in [0.29, 0.717) is 24.3 Å². The second-order valence-electron chi connectivity index (χ2n) is 7.05. The highest BCUT2D eigenvalue weighted by atomic mass is 16.2. The van der Waals surface area contributed by atoms with Gasteiger partial charge in [0.1, 0.15) is 0 Å². The van der Waals surface area contributed by atoms with Gasteiger partial charge in [0, 0.05) is 36.4 Å². The maximum Gasteiger partial charge on any atom is 0.251 e. The van der Waals surface area contributed by atoms with E-state index in [-0.39, 0.29) is 24.1 Å². The molecule has 1 atom stereocenters. The average molecular weight is 379 g/mol. The molecule has 6 nitrogen and oxygen atoms in total. The highest BCUT2D eigenvalue weighted by Crippen LogP contribution is 2.30. The molecular weight excluding hydrogens is 354 g/mol. The first kappa shape index (κ1) is 19.6. The molecule has 146 valence electrons. The summed E-state index contributed by atoms with van der Waals surface area (Å²) in [6.45, 7) is 6.73. The largest absolute Gasteiger partial charge is 0.352 e. The maximum atomic E-state index is 12.7. The van der Waals surface area contributed by atoms with Gasteiger partial charge in [-0.2, -0.15) is 0 Å². The molecule has 1 saturated heterocycles. The summed E-state index contributed by atoms with van der Waals surface area (Å²) in [5.74, 6) is -0.879. The average Bonchev–Trinajstić information content (AvgIpc) is 3.06. The minimum absolute atomic E-state index is 0.0510. The Balaban J connectivity index is 1.71. The summed E-state index contributed by atoms with van der Waals surface area (Å²) in [4.78, 5) is 38.9. The minimum Gasteiger partial charge on any atom is -0.352 e. The number of hydrogen-bond acceptors (Lipinski definition) is 3. The second-order valence-corrected chi connectivity index (χ2v) is 7.05. The monoisotopic (exact) mass is 379 g/mol. The molecule has 1 unspecified atom stereocenters. The molecule has 0 spiro atoms. The number of benzene rings is 2. The van der Waals surface area contributed by atoms with Crippen molar-refractivity contribution in [1.29, 1.82) is 0 Å². The molecule has 1 aliphatic heterocycles. The Hall–Kier alpha value is -3.15. The number of hydrogen-bond donors (Lipinski definition) is 2. The van der Waals surface area contributed by atoms with E-state index in [2.05, 4.69) is 10.6 Å². The molecule has 0 saturated carbocycles. The fraction of sp³-hybridized carbons (Fsp3) is 0.318. The van der Waals surface area contributed by atoms with E-state index in [4.69, 9.17) is 0 Å². The van der Waals surface area contributed by atoms with E-state index < -0.39 is 5.92 Å². The van der Waals surface area contributed by atoms with E-state index in [1.54, 1.807) is 29.2 Å². The first-order chi connectivity index (χ1) is 13.4. The molecule has 0 aliphatic carbocycles. The molecule has 3 rings (SSSR count). The lowest BCUT2D eigenvalue weighted by Crippen LogP contribution is -2.28. The Morgan fingerprint density at radius 2 is 1.89 bits per heavy atom. The van der Waals surface area contributed by atoms with Crippen LogP contribution in [-0.4, -0.2) is 30.8 Å². The van der Waals surface area contributed by atoms with Gasteiger partial charge < -0.3 is 15.5 Å². The van der Waals surface area contributed by atoms with Crippen LogP contribution in [0.4, 0.5) is 11.4 Å². The number of nitrogens with zero attached hydrogens (tertiary/aromatic N) is 1. The van der Waals surface area contributed by atoms with Gasteiger partial charge in [0.05, 0.1) is 5.92 Å². The van der Waals surface area contributed by atoms with E-state index in [0.717, 1.165) is 16.8 Å². The van der Waals surface area contributed by atoms with Crippen LogP contribution in [0.5, 0.6) is 0 Å². The predicted octanol–water partition coefficient (Wildman–Crippen LogP) is 3.04.